The highest BCUT2D eigenvalue weighted by molar-refractivity contribution is 5.72. The molecule has 2 rings (SSSR count). The molecule has 0 saturated heterocycles. The Hall–Kier alpha value is -2.27. The minimum absolute atomic E-state index is 0.433. The predicted octanol–water partition coefficient (Wildman–Crippen LogP) is 1.71. The molecule has 5 heteroatoms. The van der Waals surface area contributed by atoms with Gasteiger partial charge in [-0.15, -0.1) is 0 Å². The summed E-state index contributed by atoms with van der Waals surface area (Å²) in [6.45, 7) is 2.03. The van der Waals surface area contributed by atoms with Crippen molar-refractivity contribution in [1.82, 2.24) is 15.3 Å². The molecule has 0 bridgehead atoms. The van der Waals surface area contributed by atoms with Crippen LogP contribution in [0.1, 0.15) is 12.5 Å². The third-order valence-electron chi connectivity index (χ3n) is 2.72. The lowest BCUT2D eigenvalue weighted by Gasteiger charge is -2.08. The summed E-state index contributed by atoms with van der Waals surface area (Å²) in [4.78, 5) is 19.2. The first kappa shape index (κ1) is 13.2. The largest absolute Gasteiger partial charge is 0.480 e. The van der Waals surface area contributed by atoms with Gasteiger partial charge in [0.05, 0.1) is 0 Å². The summed E-state index contributed by atoms with van der Waals surface area (Å²) >= 11 is 0. The molecule has 2 N–H and O–H groups in total. The number of carbonyl (C=O) groups is 1. The molecule has 1 aromatic heterocycles. The smallest absolute Gasteiger partial charge is 0.320 e. The second-order valence-corrected chi connectivity index (χ2v) is 4.22. The minimum Gasteiger partial charge on any atom is -0.480 e. The Morgan fingerprint density at radius 2 is 1.89 bits per heavy atom. The van der Waals surface area contributed by atoms with Gasteiger partial charge in [0.25, 0.3) is 0 Å². The van der Waals surface area contributed by atoms with Crippen LogP contribution in [0.3, 0.4) is 0 Å². The molecule has 1 unspecified atom stereocenters. The molecule has 0 aliphatic carbocycles. The van der Waals surface area contributed by atoms with Gasteiger partial charge >= 0.3 is 5.97 Å². The zero-order valence-electron chi connectivity index (χ0n) is 10.6. The highest BCUT2D eigenvalue weighted by Gasteiger charge is 2.09. The molecule has 0 spiro atoms. The van der Waals surface area contributed by atoms with Gasteiger partial charge in [0, 0.05) is 30.1 Å². The maximum atomic E-state index is 10.7. The van der Waals surface area contributed by atoms with Gasteiger partial charge in [0.2, 0.25) is 0 Å². The molecule has 2 aromatic rings. The van der Waals surface area contributed by atoms with Gasteiger partial charge in [0.15, 0.2) is 5.82 Å². The molecule has 0 saturated carbocycles. The molecule has 19 heavy (non-hydrogen) atoms. The van der Waals surface area contributed by atoms with Gasteiger partial charge < -0.3 is 10.4 Å². The van der Waals surface area contributed by atoms with Crippen molar-refractivity contribution in [3.05, 3.63) is 48.3 Å². The Morgan fingerprint density at radius 3 is 2.47 bits per heavy atom. The predicted molar refractivity (Wildman–Crippen MR) is 71.4 cm³/mol. The van der Waals surface area contributed by atoms with Crippen molar-refractivity contribution in [2.24, 2.45) is 0 Å². The highest BCUT2D eigenvalue weighted by atomic mass is 16.4. The zero-order valence-corrected chi connectivity index (χ0v) is 10.6. The summed E-state index contributed by atoms with van der Waals surface area (Å²) in [7, 11) is 0. The number of aliphatic carboxylic acids is 1. The highest BCUT2D eigenvalue weighted by Crippen LogP contribution is 2.13. The topological polar surface area (TPSA) is 75.1 Å². The van der Waals surface area contributed by atoms with Gasteiger partial charge in [-0.2, -0.15) is 0 Å². The SMILES string of the molecule is CC(NCc1cnc(-c2ccccc2)nc1)C(=O)O. The molecule has 0 amide bonds. The van der Waals surface area contributed by atoms with Crippen molar-refractivity contribution in [3.63, 3.8) is 0 Å². The lowest BCUT2D eigenvalue weighted by Crippen LogP contribution is -2.33. The van der Waals surface area contributed by atoms with E-state index in [2.05, 4.69) is 15.3 Å². The number of nitrogens with one attached hydrogen (secondary N) is 1. The van der Waals surface area contributed by atoms with Crippen LogP contribution in [0.2, 0.25) is 0 Å². The van der Waals surface area contributed by atoms with E-state index >= 15 is 0 Å². The fourth-order valence-electron chi connectivity index (χ4n) is 1.54. The number of aromatic nitrogens is 2. The first-order valence-electron chi connectivity index (χ1n) is 5.99. The van der Waals surface area contributed by atoms with Gasteiger partial charge in [0.1, 0.15) is 6.04 Å². The van der Waals surface area contributed by atoms with Crippen molar-refractivity contribution in [2.45, 2.75) is 19.5 Å². The average Bonchev–Trinajstić information content (AvgIpc) is 2.46. The Kier molecular flexibility index (Phi) is 4.20. The lowest BCUT2D eigenvalue weighted by molar-refractivity contribution is -0.139. The molecule has 98 valence electrons. The second-order valence-electron chi connectivity index (χ2n) is 4.22. The molecule has 0 fully saturated rings. The van der Waals surface area contributed by atoms with Crippen LogP contribution < -0.4 is 5.32 Å². The third kappa shape index (κ3) is 3.59. The summed E-state index contributed by atoms with van der Waals surface area (Å²) in [5, 5.41) is 11.6. The molecular weight excluding hydrogens is 242 g/mol. The number of hydrogen-bond donors (Lipinski definition) is 2. The molecular formula is C14H15N3O2. The third-order valence-corrected chi connectivity index (χ3v) is 2.72. The van der Waals surface area contributed by atoms with Crippen molar-refractivity contribution >= 4 is 5.97 Å². The zero-order chi connectivity index (χ0) is 13.7. The lowest BCUT2D eigenvalue weighted by atomic mass is 10.2. The van der Waals surface area contributed by atoms with Crippen LogP contribution in [0.5, 0.6) is 0 Å². The summed E-state index contributed by atoms with van der Waals surface area (Å²) in [5.74, 6) is -0.211. The Morgan fingerprint density at radius 1 is 1.26 bits per heavy atom. The van der Waals surface area contributed by atoms with E-state index < -0.39 is 12.0 Å². The Labute approximate surface area is 111 Å². The van der Waals surface area contributed by atoms with Crippen LogP contribution in [0.15, 0.2) is 42.7 Å². The molecule has 1 heterocycles. The van der Waals surface area contributed by atoms with E-state index in [1.165, 1.54) is 0 Å². The molecule has 0 radical (unpaired) electrons. The summed E-state index contributed by atoms with van der Waals surface area (Å²) < 4.78 is 0. The molecule has 0 aliphatic heterocycles. The molecule has 5 nitrogen and oxygen atoms in total. The van der Waals surface area contributed by atoms with E-state index in [1.54, 1.807) is 19.3 Å². The first-order chi connectivity index (χ1) is 9.16. The number of rotatable bonds is 5. The van der Waals surface area contributed by atoms with Crippen LogP contribution in [0.4, 0.5) is 0 Å². The standard InChI is InChI=1S/C14H15N3O2/c1-10(14(18)19)15-7-11-8-16-13(17-9-11)12-5-3-2-4-6-12/h2-6,8-10,15H,7H2,1H3,(H,18,19). The first-order valence-corrected chi connectivity index (χ1v) is 5.99. The number of nitrogens with zero attached hydrogens (tertiary/aromatic N) is 2. The van der Waals surface area contributed by atoms with Crippen molar-refractivity contribution in [1.29, 1.82) is 0 Å². The van der Waals surface area contributed by atoms with Crippen molar-refractivity contribution in [3.8, 4) is 11.4 Å². The van der Waals surface area contributed by atoms with Crippen LogP contribution in [0.25, 0.3) is 11.4 Å². The van der Waals surface area contributed by atoms with E-state index in [1.807, 2.05) is 30.3 Å². The van der Waals surface area contributed by atoms with Gasteiger partial charge in [-0.25, -0.2) is 9.97 Å². The minimum atomic E-state index is -0.873. The maximum absolute atomic E-state index is 10.7. The summed E-state index contributed by atoms with van der Waals surface area (Å²) in [6, 6.07) is 9.11. The number of benzene rings is 1. The fraction of sp³-hybridized carbons (Fsp3) is 0.214. The Bertz CT molecular complexity index is 540. The second kappa shape index (κ2) is 6.06. The normalized spacial score (nSPS) is 12.1. The monoisotopic (exact) mass is 257 g/mol. The van der Waals surface area contributed by atoms with Crippen molar-refractivity contribution < 1.29 is 9.90 Å². The summed E-state index contributed by atoms with van der Waals surface area (Å²) in [6.07, 6.45) is 3.41. The van der Waals surface area contributed by atoms with Crippen LogP contribution in [-0.2, 0) is 11.3 Å². The summed E-state index contributed by atoms with van der Waals surface area (Å²) in [5.41, 5.74) is 1.81. The van der Waals surface area contributed by atoms with Gasteiger partial charge in [-0.3, -0.25) is 4.79 Å². The van der Waals surface area contributed by atoms with Crippen LogP contribution in [-0.4, -0.2) is 27.1 Å². The van der Waals surface area contributed by atoms with E-state index in [0.717, 1.165) is 11.1 Å². The van der Waals surface area contributed by atoms with Crippen LogP contribution >= 0.6 is 0 Å². The maximum Gasteiger partial charge on any atom is 0.320 e. The number of carboxylic acids is 1. The van der Waals surface area contributed by atoms with Crippen LogP contribution in [0, 0.1) is 0 Å². The van der Waals surface area contributed by atoms with Gasteiger partial charge in [-0.1, -0.05) is 30.3 Å². The van der Waals surface area contributed by atoms with E-state index in [4.69, 9.17) is 5.11 Å². The molecule has 1 aromatic carbocycles. The van der Waals surface area contributed by atoms with E-state index in [-0.39, 0.29) is 0 Å². The molecule has 1 atom stereocenters. The van der Waals surface area contributed by atoms with E-state index in [9.17, 15) is 4.79 Å². The Balaban J connectivity index is 2.01. The fourth-order valence-corrected chi connectivity index (χ4v) is 1.54. The average molecular weight is 257 g/mol. The molecule has 0 aliphatic rings. The number of carboxylic acid groups (broad SMARTS) is 1. The quantitative estimate of drug-likeness (QED) is 0.852. The van der Waals surface area contributed by atoms with Crippen molar-refractivity contribution in [2.75, 3.05) is 0 Å². The van der Waals surface area contributed by atoms with Gasteiger partial charge in [-0.05, 0) is 6.92 Å². The number of hydrogen-bond acceptors (Lipinski definition) is 4. The van der Waals surface area contributed by atoms with E-state index in [0.29, 0.717) is 12.4 Å².